The van der Waals surface area contributed by atoms with Crippen LogP contribution in [-0.2, 0) is 33.6 Å². The van der Waals surface area contributed by atoms with Crippen molar-refractivity contribution in [3.05, 3.63) is 58.5 Å². The molecule has 0 saturated heterocycles. The van der Waals surface area contributed by atoms with E-state index < -0.39 is 64.9 Å². The lowest BCUT2D eigenvalue weighted by molar-refractivity contribution is -0.117. The van der Waals surface area contributed by atoms with E-state index in [1.54, 1.807) is 26.8 Å². The molecule has 2 unspecified atom stereocenters. The minimum atomic E-state index is -5.04. The number of hydrogen-bond acceptors (Lipinski definition) is 11. The van der Waals surface area contributed by atoms with Crippen LogP contribution in [0, 0.1) is 11.8 Å². The smallest absolute Gasteiger partial charge is 0.405 e. The molecule has 8 atom stereocenters. The number of aliphatic hydroxyl groups excluding tert-OH is 2. The van der Waals surface area contributed by atoms with Crippen molar-refractivity contribution in [3.63, 3.8) is 0 Å². The maximum atomic E-state index is 13.1. The fourth-order valence-corrected chi connectivity index (χ4v) is 5.54. The number of nitrogens with two attached hydrogens (primary N) is 2. The first-order chi connectivity index (χ1) is 20.0. The number of primary amides is 1. The number of rotatable bonds is 5. The Bertz CT molecular complexity index is 1290. The quantitative estimate of drug-likeness (QED) is 0.186. The fourth-order valence-electron chi connectivity index (χ4n) is 5.08. The van der Waals surface area contributed by atoms with E-state index in [4.69, 9.17) is 29.9 Å². The summed E-state index contributed by atoms with van der Waals surface area (Å²) in [6.45, 7) is 6.72. The number of nitrogens with one attached hydrogen (secondary N) is 1. The molecule has 0 aromatic carbocycles. The molecule has 2 amide bonds. The molecule has 8 N–H and O–H groups in total. The van der Waals surface area contributed by atoms with Crippen molar-refractivity contribution in [1.29, 1.82) is 0 Å². The highest BCUT2D eigenvalue weighted by Crippen LogP contribution is 2.33. The van der Waals surface area contributed by atoms with Gasteiger partial charge in [0.05, 0.1) is 17.9 Å². The Morgan fingerprint density at radius 3 is 2.33 bits per heavy atom. The normalized spacial score (nSPS) is 35.1. The average molecular weight is 630 g/mol. The highest BCUT2D eigenvalue weighted by Gasteiger charge is 2.36. The van der Waals surface area contributed by atoms with Gasteiger partial charge in [-0.15, -0.1) is 0 Å². The fraction of sp³-hybridized carbons (Fsp3) is 0.571. The van der Waals surface area contributed by atoms with Crippen LogP contribution in [0.4, 0.5) is 4.79 Å². The van der Waals surface area contributed by atoms with Crippen molar-refractivity contribution in [2.75, 3.05) is 14.2 Å². The summed E-state index contributed by atoms with van der Waals surface area (Å²) >= 11 is 0. The van der Waals surface area contributed by atoms with Gasteiger partial charge in [-0.3, -0.25) is 9.35 Å². The molecule has 2 rings (SSSR count). The lowest BCUT2D eigenvalue weighted by Crippen LogP contribution is -2.41. The molecule has 0 spiro atoms. The van der Waals surface area contributed by atoms with Gasteiger partial charge in [-0.05, 0) is 49.8 Å². The Kier molecular flexibility index (Phi) is 13.1. The molecule has 15 heteroatoms. The van der Waals surface area contributed by atoms with E-state index in [0.29, 0.717) is 5.57 Å². The predicted molar refractivity (Wildman–Crippen MR) is 156 cm³/mol. The first-order valence-electron chi connectivity index (χ1n) is 13.6. The topological polar surface area (TPSA) is 230 Å². The van der Waals surface area contributed by atoms with Gasteiger partial charge in [0, 0.05) is 31.4 Å². The van der Waals surface area contributed by atoms with Crippen molar-refractivity contribution in [3.8, 4) is 0 Å². The second-order valence-corrected chi connectivity index (χ2v) is 11.8. The van der Waals surface area contributed by atoms with E-state index in [1.165, 1.54) is 39.4 Å². The van der Waals surface area contributed by atoms with E-state index in [1.807, 2.05) is 0 Å². The lowest BCUT2D eigenvalue weighted by atomic mass is 9.84. The van der Waals surface area contributed by atoms with Gasteiger partial charge in [-0.2, -0.15) is 8.42 Å². The molecule has 0 aromatic heterocycles. The van der Waals surface area contributed by atoms with Crippen LogP contribution in [0.15, 0.2) is 58.5 Å². The van der Waals surface area contributed by atoms with Crippen molar-refractivity contribution in [1.82, 2.24) is 5.32 Å². The maximum absolute atomic E-state index is 13.1. The van der Waals surface area contributed by atoms with Crippen LogP contribution >= 0.6 is 0 Å². The number of carbonyl (C=O) groups is 2. The maximum Gasteiger partial charge on any atom is 0.405 e. The molecule has 242 valence electrons. The van der Waals surface area contributed by atoms with Gasteiger partial charge in [-0.1, -0.05) is 38.2 Å². The van der Waals surface area contributed by atoms with E-state index in [-0.39, 0.29) is 41.3 Å². The van der Waals surface area contributed by atoms with Gasteiger partial charge in [-0.25, -0.2) is 8.98 Å². The Hall–Kier alpha value is -3.05. The Morgan fingerprint density at radius 1 is 1.12 bits per heavy atom. The number of amides is 2. The van der Waals surface area contributed by atoms with Gasteiger partial charge < -0.3 is 41.2 Å². The Balaban J connectivity index is 2.67. The first-order valence-corrected chi connectivity index (χ1v) is 14.9. The van der Waals surface area contributed by atoms with Crippen LogP contribution < -0.4 is 16.8 Å². The van der Waals surface area contributed by atoms with E-state index in [2.05, 4.69) is 5.32 Å². The largest absolute Gasteiger partial charge is 0.439 e. The summed E-state index contributed by atoms with van der Waals surface area (Å²) in [6, 6.07) is 0. The van der Waals surface area contributed by atoms with Gasteiger partial charge >= 0.3 is 16.5 Å². The highest BCUT2D eigenvalue weighted by molar-refractivity contribution is 7.80. The molecule has 14 nitrogen and oxygen atoms in total. The van der Waals surface area contributed by atoms with Crippen LogP contribution in [0.3, 0.4) is 0 Å². The molecule has 0 fully saturated rings. The van der Waals surface area contributed by atoms with Gasteiger partial charge in [0.25, 0.3) is 5.91 Å². The summed E-state index contributed by atoms with van der Waals surface area (Å²) < 4.78 is 54.5. The van der Waals surface area contributed by atoms with Crippen molar-refractivity contribution in [2.45, 2.75) is 77.2 Å². The molecular weight excluding hydrogens is 586 g/mol. The van der Waals surface area contributed by atoms with Crippen LogP contribution in [0.1, 0.15) is 40.5 Å². The molecule has 1 aliphatic carbocycles. The monoisotopic (exact) mass is 629 g/mol. The number of allylic oxidation sites excluding steroid dienone is 2. The molecule has 0 saturated carbocycles. The summed E-state index contributed by atoms with van der Waals surface area (Å²) in [7, 11) is -2.21. The number of carbonyl (C=O) groups excluding carboxylic acids is 2. The number of aliphatic hydroxyl groups is 2. The van der Waals surface area contributed by atoms with Crippen molar-refractivity contribution < 1.29 is 51.2 Å². The number of hydrogen-bond donors (Lipinski definition) is 6. The standard InChI is InChI=1S/C28H43N3O11S/c1-14-10-18-23(29)20(32)13-19(26(18)42-43(36,37)38)31-27(34)15(2)8-7-9-21(39-5)25(41-28(30)35)17(4)12-16(3)24(33)22(11-14)40-6/h7-9,12-14,16,20-22,24-26,32-33H,10-11,29H2,1-6H3,(H2,30,35)(H,31,34)(H,36,37,38)/b9-7-,15-8+,17-12+/t14-,16+,20?,21+,22+,24-,25+,26?/m1/s1. The first kappa shape index (κ1) is 36.1. The Labute approximate surface area is 252 Å². The van der Waals surface area contributed by atoms with Crippen LogP contribution in [0.2, 0.25) is 0 Å². The number of fused-ring (bicyclic) bond motifs is 2. The molecule has 1 heterocycles. The highest BCUT2D eigenvalue weighted by atomic mass is 32.3. The van der Waals surface area contributed by atoms with E-state index in [9.17, 15) is 32.8 Å². The third-order valence-corrected chi connectivity index (χ3v) is 7.76. The average Bonchev–Trinajstić information content (AvgIpc) is 2.91. The molecule has 2 aliphatic rings. The molecule has 0 radical (unpaired) electrons. The lowest BCUT2D eigenvalue weighted by Gasteiger charge is -2.33. The van der Waals surface area contributed by atoms with Crippen LogP contribution in [0.25, 0.3) is 0 Å². The third kappa shape index (κ3) is 10.3. The van der Waals surface area contributed by atoms with Crippen LogP contribution in [-0.4, -0.2) is 86.0 Å². The zero-order valence-electron chi connectivity index (χ0n) is 25.1. The summed E-state index contributed by atoms with van der Waals surface area (Å²) in [4.78, 5) is 24.8. The minimum Gasteiger partial charge on any atom is -0.439 e. The second kappa shape index (κ2) is 15.6. The molecule has 2 bridgehead atoms. The molecular formula is C28H43N3O11S. The third-order valence-electron chi connectivity index (χ3n) is 7.32. The zero-order valence-corrected chi connectivity index (χ0v) is 25.9. The van der Waals surface area contributed by atoms with Gasteiger partial charge in [0.15, 0.2) is 6.10 Å². The van der Waals surface area contributed by atoms with Gasteiger partial charge in [0.1, 0.15) is 18.3 Å². The SMILES string of the molecule is CO[C@H]1/C=C\C=C(/C)C(=O)NC2=CC(O)C(N)=C(C[C@@H](C)C[C@H](OC)[C@H](O)[C@@H](C)/C=C(\C)[C@@H]1OC(N)=O)C2OS(=O)(=O)O. The number of methoxy groups -OCH3 is 2. The molecule has 0 aromatic rings. The number of ether oxygens (including phenoxy) is 3. The summed E-state index contributed by atoms with van der Waals surface area (Å²) in [6.07, 6.45) is 0.0524. The van der Waals surface area contributed by atoms with E-state index in [0.717, 1.165) is 6.08 Å². The van der Waals surface area contributed by atoms with E-state index >= 15 is 0 Å². The second-order valence-electron chi connectivity index (χ2n) is 10.8. The van der Waals surface area contributed by atoms with Crippen molar-refractivity contribution in [2.24, 2.45) is 23.3 Å². The summed E-state index contributed by atoms with van der Waals surface area (Å²) in [5.41, 5.74) is 12.0. The zero-order chi connectivity index (χ0) is 32.6. The molecule has 1 aliphatic heterocycles. The van der Waals surface area contributed by atoms with Crippen LogP contribution in [0.5, 0.6) is 0 Å². The summed E-state index contributed by atoms with van der Waals surface area (Å²) in [5, 5.41) is 24.4. The Morgan fingerprint density at radius 2 is 1.77 bits per heavy atom. The van der Waals surface area contributed by atoms with Crippen molar-refractivity contribution >= 4 is 22.4 Å². The summed E-state index contributed by atoms with van der Waals surface area (Å²) in [5.74, 6) is -1.52. The minimum absolute atomic E-state index is 0.0493. The molecule has 43 heavy (non-hydrogen) atoms. The predicted octanol–water partition coefficient (Wildman–Crippen LogP) is 1.13. The van der Waals surface area contributed by atoms with Gasteiger partial charge in [0.2, 0.25) is 0 Å².